The van der Waals surface area contributed by atoms with E-state index in [0.29, 0.717) is 29.5 Å². The summed E-state index contributed by atoms with van der Waals surface area (Å²) >= 11 is 0. The molecule has 146 valence electrons. The SMILES string of the molecule is O=C(Nc1cnc(N2CC[C@@H](c3ccccc3)C2)c(C(=O)O)c1)c1ccccc1. The molecule has 1 aromatic heterocycles. The highest BCUT2D eigenvalue weighted by Gasteiger charge is 2.28. The van der Waals surface area contributed by atoms with Gasteiger partial charge in [0, 0.05) is 24.6 Å². The van der Waals surface area contributed by atoms with Crippen molar-refractivity contribution >= 4 is 23.4 Å². The largest absolute Gasteiger partial charge is 0.478 e. The Balaban J connectivity index is 1.54. The number of hydrogen-bond acceptors (Lipinski definition) is 4. The summed E-state index contributed by atoms with van der Waals surface area (Å²) in [6.07, 6.45) is 2.45. The standard InChI is InChI=1S/C23H21N3O3/c27-22(17-9-5-2-6-10-17)25-19-13-20(23(28)29)21(24-14-19)26-12-11-18(15-26)16-7-3-1-4-8-16/h1-10,13-14,18H,11-12,15H2,(H,25,27)(H,28,29)/t18-/m1/s1. The number of benzene rings is 2. The summed E-state index contributed by atoms with van der Waals surface area (Å²) in [6, 6.07) is 20.5. The van der Waals surface area contributed by atoms with Gasteiger partial charge < -0.3 is 15.3 Å². The highest BCUT2D eigenvalue weighted by molar-refractivity contribution is 6.05. The molecule has 1 amide bonds. The number of carboxylic acids is 1. The zero-order chi connectivity index (χ0) is 20.2. The molecule has 1 atom stereocenters. The van der Waals surface area contributed by atoms with E-state index in [4.69, 9.17) is 0 Å². The van der Waals surface area contributed by atoms with E-state index >= 15 is 0 Å². The summed E-state index contributed by atoms with van der Waals surface area (Å²) in [5, 5.41) is 12.4. The number of carboxylic acid groups (broad SMARTS) is 1. The number of amides is 1. The van der Waals surface area contributed by atoms with Gasteiger partial charge in [0.15, 0.2) is 0 Å². The van der Waals surface area contributed by atoms with Gasteiger partial charge in [-0.3, -0.25) is 4.79 Å². The minimum atomic E-state index is -1.06. The normalized spacial score (nSPS) is 15.9. The molecule has 2 aromatic carbocycles. The van der Waals surface area contributed by atoms with Crippen LogP contribution in [0.1, 0.15) is 38.6 Å². The van der Waals surface area contributed by atoms with Crippen LogP contribution < -0.4 is 10.2 Å². The maximum Gasteiger partial charge on any atom is 0.339 e. The van der Waals surface area contributed by atoms with E-state index in [1.165, 1.54) is 17.8 Å². The average Bonchev–Trinajstić information content (AvgIpc) is 3.25. The minimum Gasteiger partial charge on any atom is -0.478 e. The average molecular weight is 387 g/mol. The summed E-state index contributed by atoms with van der Waals surface area (Å²) in [4.78, 5) is 30.6. The maximum absolute atomic E-state index is 12.3. The molecule has 0 bridgehead atoms. The molecule has 6 heteroatoms. The van der Waals surface area contributed by atoms with Gasteiger partial charge in [0.25, 0.3) is 5.91 Å². The first-order valence-electron chi connectivity index (χ1n) is 9.51. The third kappa shape index (κ3) is 4.11. The lowest BCUT2D eigenvalue weighted by Crippen LogP contribution is -2.23. The number of carbonyl (C=O) groups excluding carboxylic acids is 1. The molecule has 1 aliphatic heterocycles. The van der Waals surface area contributed by atoms with Crippen LogP contribution in [-0.2, 0) is 0 Å². The van der Waals surface area contributed by atoms with Crippen molar-refractivity contribution in [1.29, 1.82) is 0 Å². The first-order valence-corrected chi connectivity index (χ1v) is 9.51. The Morgan fingerprint density at radius 3 is 2.41 bits per heavy atom. The van der Waals surface area contributed by atoms with Gasteiger partial charge in [-0.05, 0) is 30.2 Å². The molecule has 6 nitrogen and oxygen atoms in total. The van der Waals surface area contributed by atoms with E-state index in [1.54, 1.807) is 24.3 Å². The number of aromatic nitrogens is 1. The zero-order valence-electron chi connectivity index (χ0n) is 15.8. The Morgan fingerprint density at radius 2 is 1.72 bits per heavy atom. The van der Waals surface area contributed by atoms with E-state index in [-0.39, 0.29) is 11.5 Å². The van der Waals surface area contributed by atoms with Crippen molar-refractivity contribution in [1.82, 2.24) is 4.98 Å². The van der Waals surface area contributed by atoms with Crippen LogP contribution in [-0.4, -0.2) is 35.1 Å². The number of nitrogens with zero attached hydrogens (tertiary/aromatic N) is 2. The molecule has 1 aliphatic rings. The van der Waals surface area contributed by atoms with Crippen molar-refractivity contribution in [3.8, 4) is 0 Å². The van der Waals surface area contributed by atoms with Gasteiger partial charge in [-0.15, -0.1) is 0 Å². The molecule has 2 heterocycles. The molecular weight excluding hydrogens is 366 g/mol. The van der Waals surface area contributed by atoms with E-state index in [9.17, 15) is 14.7 Å². The molecule has 1 saturated heterocycles. The van der Waals surface area contributed by atoms with Crippen LogP contribution in [0.15, 0.2) is 72.9 Å². The molecule has 0 radical (unpaired) electrons. The van der Waals surface area contributed by atoms with Gasteiger partial charge >= 0.3 is 5.97 Å². The van der Waals surface area contributed by atoms with Crippen molar-refractivity contribution in [2.45, 2.75) is 12.3 Å². The van der Waals surface area contributed by atoms with Gasteiger partial charge in [-0.1, -0.05) is 48.5 Å². The van der Waals surface area contributed by atoms with Crippen LogP contribution in [0.25, 0.3) is 0 Å². The number of pyridine rings is 1. The maximum atomic E-state index is 12.3. The van der Waals surface area contributed by atoms with Gasteiger partial charge in [-0.25, -0.2) is 9.78 Å². The van der Waals surface area contributed by atoms with Crippen LogP contribution in [0.3, 0.4) is 0 Å². The molecule has 0 aliphatic carbocycles. The molecule has 0 saturated carbocycles. The summed E-state index contributed by atoms with van der Waals surface area (Å²) in [7, 11) is 0. The number of carbonyl (C=O) groups is 2. The lowest BCUT2D eigenvalue weighted by molar-refractivity contribution is 0.0697. The second-order valence-corrected chi connectivity index (χ2v) is 7.06. The number of nitrogens with one attached hydrogen (secondary N) is 1. The quantitative estimate of drug-likeness (QED) is 0.691. The fraction of sp³-hybridized carbons (Fsp3) is 0.174. The molecule has 1 fully saturated rings. The molecule has 3 aromatic rings. The molecule has 29 heavy (non-hydrogen) atoms. The lowest BCUT2D eigenvalue weighted by atomic mass is 9.99. The van der Waals surface area contributed by atoms with E-state index in [0.717, 1.165) is 13.0 Å². The lowest BCUT2D eigenvalue weighted by Gasteiger charge is -2.20. The number of rotatable bonds is 5. The van der Waals surface area contributed by atoms with Crippen molar-refractivity contribution < 1.29 is 14.7 Å². The molecular formula is C23H21N3O3. The van der Waals surface area contributed by atoms with Crippen LogP contribution in [0.5, 0.6) is 0 Å². The number of hydrogen-bond donors (Lipinski definition) is 2. The number of anilines is 2. The Kier molecular flexibility index (Phi) is 5.24. The van der Waals surface area contributed by atoms with Crippen LogP contribution in [0.2, 0.25) is 0 Å². The van der Waals surface area contributed by atoms with Crippen LogP contribution in [0, 0.1) is 0 Å². The van der Waals surface area contributed by atoms with Gasteiger partial charge in [0.2, 0.25) is 0 Å². The first kappa shape index (κ1) is 18.7. The zero-order valence-corrected chi connectivity index (χ0v) is 15.8. The van der Waals surface area contributed by atoms with Gasteiger partial charge in [-0.2, -0.15) is 0 Å². The smallest absolute Gasteiger partial charge is 0.339 e. The van der Waals surface area contributed by atoms with Crippen molar-refractivity contribution in [2.24, 2.45) is 0 Å². The highest BCUT2D eigenvalue weighted by Crippen LogP contribution is 2.32. The fourth-order valence-corrected chi connectivity index (χ4v) is 3.68. The first-order chi connectivity index (χ1) is 14.1. The molecule has 2 N–H and O–H groups in total. The van der Waals surface area contributed by atoms with E-state index in [2.05, 4.69) is 22.4 Å². The predicted molar refractivity (Wildman–Crippen MR) is 112 cm³/mol. The molecule has 4 rings (SSSR count). The third-order valence-electron chi connectivity index (χ3n) is 5.15. The third-order valence-corrected chi connectivity index (χ3v) is 5.15. The second kappa shape index (κ2) is 8.14. The van der Waals surface area contributed by atoms with E-state index in [1.807, 2.05) is 29.2 Å². The monoisotopic (exact) mass is 387 g/mol. The van der Waals surface area contributed by atoms with Crippen LogP contribution in [0.4, 0.5) is 11.5 Å². The summed E-state index contributed by atoms with van der Waals surface area (Å²) < 4.78 is 0. The van der Waals surface area contributed by atoms with Gasteiger partial charge in [0.1, 0.15) is 11.4 Å². The van der Waals surface area contributed by atoms with Crippen molar-refractivity contribution in [2.75, 3.05) is 23.3 Å². The van der Waals surface area contributed by atoms with Gasteiger partial charge in [0.05, 0.1) is 11.9 Å². The molecule has 0 unspecified atom stereocenters. The Hall–Kier alpha value is -3.67. The van der Waals surface area contributed by atoms with E-state index < -0.39 is 5.97 Å². The summed E-state index contributed by atoms with van der Waals surface area (Å²) in [5.41, 5.74) is 2.20. The van der Waals surface area contributed by atoms with Crippen molar-refractivity contribution in [3.63, 3.8) is 0 Å². The number of aromatic carboxylic acids is 1. The van der Waals surface area contributed by atoms with Crippen molar-refractivity contribution in [3.05, 3.63) is 89.6 Å². The van der Waals surface area contributed by atoms with Crippen LogP contribution >= 0.6 is 0 Å². The Labute approximate surface area is 168 Å². The Morgan fingerprint density at radius 1 is 1.03 bits per heavy atom. The Bertz CT molecular complexity index is 1020. The predicted octanol–water partition coefficient (Wildman–Crippen LogP) is 4.03. The topological polar surface area (TPSA) is 82.5 Å². The minimum absolute atomic E-state index is 0.0876. The summed E-state index contributed by atoms with van der Waals surface area (Å²) in [5.74, 6) is -0.584. The molecule has 0 spiro atoms. The highest BCUT2D eigenvalue weighted by atomic mass is 16.4. The fourth-order valence-electron chi connectivity index (χ4n) is 3.68. The second-order valence-electron chi connectivity index (χ2n) is 7.06. The summed E-state index contributed by atoms with van der Waals surface area (Å²) in [6.45, 7) is 1.45.